The van der Waals surface area contributed by atoms with Crippen LogP contribution in [0.15, 0.2) is 71.3 Å². The van der Waals surface area contributed by atoms with Crippen LogP contribution in [0.5, 0.6) is 17.2 Å². The molecule has 0 spiro atoms. The van der Waals surface area contributed by atoms with E-state index in [9.17, 15) is 4.79 Å². The van der Waals surface area contributed by atoms with Crippen molar-refractivity contribution in [3.8, 4) is 17.2 Å². The molecule has 2 aliphatic rings. The molecule has 2 aliphatic heterocycles. The lowest BCUT2D eigenvalue weighted by molar-refractivity contribution is -0.122. The third kappa shape index (κ3) is 5.03. The molecule has 38 heavy (non-hydrogen) atoms. The van der Waals surface area contributed by atoms with Crippen molar-refractivity contribution in [2.75, 3.05) is 44.9 Å². The Morgan fingerprint density at radius 2 is 1.79 bits per heavy atom. The van der Waals surface area contributed by atoms with Crippen molar-refractivity contribution in [1.29, 1.82) is 0 Å². The highest BCUT2D eigenvalue weighted by Crippen LogP contribution is 2.34. The summed E-state index contributed by atoms with van der Waals surface area (Å²) in [6.07, 6.45) is 0. The first-order valence-corrected chi connectivity index (χ1v) is 12.9. The molecule has 4 aromatic rings. The molecule has 0 saturated carbocycles. The number of para-hydroxylation sites is 1. The second-order valence-electron chi connectivity index (χ2n) is 9.41. The fourth-order valence-corrected chi connectivity index (χ4v) is 5.05. The highest BCUT2D eigenvalue weighted by molar-refractivity contribution is 5.98. The first-order valence-electron chi connectivity index (χ1n) is 12.9. The number of hydrogen-bond donors (Lipinski definition) is 1. The van der Waals surface area contributed by atoms with Gasteiger partial charge in [-0.05, 0) is 61.0 Å². The van der Waals surface area contributed by atoms with Crippen LogP contribution < -0.4 is 19.5 Å². The highest BCUT2D eigenvalue weighted by Gasteiger charge is 2.34. The van der Waals surface area contributed by atoms with Gasteiger partial charge in [-0.3, -0.25) is 14.6 Å². The second kappa shape index (κ2) is 10.7. The van der Waals surface area contributed by atoms with E-state index in [0.717, 1.165) is 42.3 Å². The van der Waals surface area contributed by atoms with Gasteiger partial charge in [0, 0.05) is 43.8 Å². The summed E-state index contributed by atoms with van der Waals surface area (Å²) >= 11 is 0. The molecule has 1 fully saturated rings. The van der Waals surface area contributed by atoms with Crippen LogP contribution >= 0.6 is 0 Å². The lowest BCUT2D eigenvalue weighted by Gasteiger charge is -2.38. The number of nitrogens with zero attached hydrogens (tertiary/aromatic N) is 3. The Morgan fingerprint density at radius 1 is 1.00 bits per heavy atom. The average Bonchev–Trinajstić information content (AvgIpc) is 3.58. The van der Waals surface area contributed by atoms with Crippen LogP contribution in [0.2, 0.25) is 0 Å². The number of benzene rings is 3. The average molecular weight is 515 g/mol. The third-order valence-electron chi connectivity index (χ3n) is 6.96. The zero-order chi connectivity index (χ0) is 25.9. The summed E-state index contributed by atoms with van der Waals surface area (Å²) in [6.45, 7) is 6.67. The molecule has 3 aromatic carbocycles. The molecule has 1 atom stereocenters. The summed E-state index contributed by atoms with van der Waals surface area (Å²) in [5, 5.41) is 8.28. The van der Waals surface area contributed by atoms with Crippen LogP contribution in [0, 0.1) is 0 Å². The molecule has 9 nitrogen and oxygen atoms in total. The van der Waals surface area contributed by atoms with Crippen LogP contribution in [0.4, 0.5) is 5.69 Å². The second-order valence-corrected chi connectivity index (χ2v) is 9.41. The molecule has 1 saturated heterocycles. The summed E-state index contributed by atoms with van der Waals surface area (Å²) in [6, 6.07) is 20.6. The molecule has 0 radical (unpaired) electrons. The quantitative estimate of drug-likeness (QED) is 0.369. The minimum absolute atomic E-state index is 0.141. The number of carbonyl (C=O) groups excluding carboxylic acids is 1. The lowest BCUT2D eigenvalue weighted by atomic mass is 10.0. The summed E-state index contributed by atoms with van der Waals surface area (Å²) < 4.78 is 22.1. The summed E-state index contributed by atoms with van der Waals surface area (Å²) in [7, 11) is 0. The number of carbonyl (C=O) groups is 1. The fraction of sp³-hybridized carbons (Fsp3) is 0.310. The number of ether oxygens (including phenoxy) is 3. The zero-order valence-electron chi connectivity index (χ0n) is 21.3. The van der Waals surface area contributed by atoms with Gasteiger partial charge in [-0.1, -0.05) is 23.4 Å². The Bertz CT molecular complexity index is 1410. The number of nitrogens with one attached hydrogen (secondary N) is 1. The molecule has 196 valence electrons. The van der Waals surface area contributed by atoms with E-state index in [2.05, 4.69) is 26.3 Å². The number of anilines is 1. The minimum Gasteiger partial charge on any atom is -0.494 e. The van der Waals surface area contributed by atoms with Crippen LogP contribution in [0.1, 0.15) is 24.2 Å². The maximum absolute atomic E-state index is 13.7. The molecule has 0 aliphatic carbocycles. The number of amides is 1. The van der Waals surface area contributed by atoms with Crippen LogP contribution in [-0.2, 0) is 11.3 Å². The topological polar surface area (TPSA) is 89.3 Å². The van der Waals surface area contributed by atoms with Crippen molar-refractivity contribution < 1.29 is 23.5 Å². The molecule has 1 unspecified atom stereocenters. The Hall–Kier alpha value is -4.08. The number of rotatable bonds is 8. The largest absolute Gasteiger partial charge is 0.494 e. The van der Waals surface area contributed by atoms with E-state index in [0.29, 0.717) is 36.7 Å². The standard InChI is InChI=1S/C29H30N4O5/c1-2-35-22-10-8-21(9-11-22)30-29(34)28(27-23-5-3-4-6-24(23)38-31-27)33-15-13-32(14-16-33)18-20-7-12-25-26(17-20)37-19-36-25/h3-12,17,28H,2,13-16,18-19H2,1H3,(H,30,34). The van der Waals surface area contributed by atoms with Gasteiger partial charge in [-0.2, -0.15) is 0 Å². The lowest BCUT2D eigenvalue weighted by Crippen LogP contribution is -2.49. The molecular formula is C29H30N4O5. The summed E-state index contributed by atoms with van der Waals surface area (Å²) in [5.41, 5.74) is 3.18. The van der Waals surface area contributed by atoms with Gasteiger partial charge in [-0.25, -0.2) is 0 Å². The predicted molar refractivity (Wildman–Crippen MR) is 142 cm³/mol. The smallest absolute Gasteiger partial charge is 0.248 e. The maximum Gasteiger partial charge on any atom is 0.248 e. The van der Waals surface area contributed by atoms with Gasteiger partial charge in [0.2, 0.25) is 12.7 Å². The molecule has 9 heteroatoms. The summed E-state index contributed by atoms with van der Waals surface area (Å²) in [4.78, 5) is 18.3. The molecule has 1 amide bonds. The van der Waals surface area contributed by atoms with Crippen LogP contribution in [0.3, 0.4) is 0 Å². The number of hydrogen-bond acceptors (Lipinski definition) is 8. The molecule has 0 bridgehead atoms. The van der Waals surface area contributed by atoms with Gasteiger partial charge in [0.15, 0.2) is 17.1 Å². The molecule has 1 N–H and O–H groups in total. The van der Waals surface area contributed by atoms with Gasteiger partial charge in [-0.15, -0.1) is 0 Å². The van der Waals surface area contributed by atoms with Gasteiger partial charge in [0.05, 0.1) is 6.61 Å². The summed E-state index contributed by atoms with van der Waals surface area (Å²) in [5.74, 6) is 2.21. The van der Waals surface area contributed by atoms with Crippen molar-refractivity contribution in [1.82, 2.24) is 15.0 Å². The number of aromatic nitrogens is 1. The van der Waals surface area contributed by atoms with Crippen LogP contribution in [0.25, 0.3) is 11.0 Å². The maximum atomic E-state index is 13.7. The predicted octanol–water partition coefficient (Wildman–Crippen LogP) is 4.45. The van der Waals surface area contributed by atoms with E-state index >= 15 is 0 Å². The Labute approximate surface area is 220 Å². The normalized spacial score (nSPS) is 16.4. The van der Waals surface area contributed by atoms with Crippen molar-refractivity contribution in [3.63, 3.8) is 0 Å². The zero-order valence-corrected chi connectivity index (χ0v) is 21.3. The Morgan fingerprint density at radius 3 is 2.61 bits per heavy atom. The van der Waals surface area contributed by atoms with E-state index in [1.807, 2.05) is 67.6 Å². The van der Waals surface area contributed by atoms with Gasteiger partial charge < -0.3 is 24.1 Å². The van der Waals surface area contributed by atoms with Crippen molar-refractivity contribution >= 4 is 22.6 Å². The highest BCUT2D eigenvalue weighted by atomic mass is 16.7. The van der Waals surface area contributed by atoms with Crippen LogP contribution in [-0.4, -0.2) is 60.4 Å². The number of fused-ring (bicyclic) bond motifs is 2. The van der Waals surface area contributed by atoms with E-state index in [1.54, 1.807) is 0 Å². The van der Waals surface area contributed by atoms with E-state index in [-0.39, 0.29) is 12.7 Å². The van der Waals surface area contributed by atoms with Crippen molar-refractivity contribution in [2.45, 2.75) is 19.5 Å². The van der Waals surface area contributed by atoms with E-state index in [4.69, 9.17) is 18.7 Å². The first kappa shape index (κ1) is 24.3. The van der Waals surface area contributed by atoms with E-state index in [1.165, 1.54) is 5.56 Å². The molecular weight excluding hydrogens is 484 g/mol. The van der Waals surface area contributed by atoms with Crippen molar-refractivity contribution in [2.24, 2.45) is 0 Å². The SMILES string of the molecule is CCOc1ccc(NC(=O)C(c2noc3ccccc23)N2CCN(Cc3ccc4c(c3)OCO4)CC2)cc1. The number of piperazine rings is 1. The Kier molecular flexibility index (Phi) is 6.85. The monoisotopic (exact) mass is 514 g/mol. The molecule has 1 aromatic heterocycles. The molecule has 3 heterocycles. The fourth-order valence-electron chi connectivity index (χ4n) is 5.05. The van der Waals surface area contributed by atoms with Gasteiger partial charge in [0.25, 0.3) is 0 Å². The Balaban J connectivity index is 1.19. The molecule has 6 rings (SSSR count). The van der Waals surface area contributed by atoms with E-state index < -0.39 is 6.04 Å². The van der Waals surface area contributed by atoms with Gasteiger partial charge in [0.1, 0.15) is 17.5 Å². The first-order chi connectivity index (χ1) is 18.7. The van der Waals surface area contributed by atoms with Crippen molar-refractivity contribution in [3.05, 3.63) is 78.0 Å². The van der Waals surface area contributed by atoms with Gasteiger partial charge >= 0.3 is 0 Å². The minimum atomic E-state index is -0.585. The third-order valence-corrected chi connectivity index (χ3v) is 6.96.